The third-order valence-corrected chi connectivity index (χ3v) is 2.87. The Kier molecular flexibility index (Phi) is 3.72. The molecule has 1 unspecified atom stereocenters. The van der Waals surface area contributed by atoms with Crippen LogP contribution in [-0.4, -0.2) is 12.2 Å². The average Bonchev–Trinajstić information content (AvgIpc) is 2.40. The lowest BCUT2D eigenvalue weighted by atomic mass is 10.1. The fraction of sp³-hybridized carbons (Fsp3) is 0.200. The van der Waals surface area contributed by atoms with Gasteiger partial charge in [0.1, 0.15) is 11.5 Å². The van der Waals surface area contributed by atoms with Crippen molar-refractivity contribution in [3.05, 3.63) is 54.1 Å². The molecule has 0 bridgehead atoms. The molecule has 2 rings (SSSR count). The first-order valence-corrected chi connectivity index (χ1v) is 5.88. The minimum absolute atomic E-state index is 0.180. The lowest BCUT2D eigenvalue weighted by Gasteiger charge is -2.16. The van der Waals surface area contributed by atoms with Crippen LogP contribution >= 0.6 is 0 Å². The quantitative estimate of drug-likeness (QED) is 0.862. The van der Waals surface area contributed by atoms with Gasteiger partial charge in [-0.2, -0.15) is 0 Å². The van der Waals surface area contributed by atoms with E-state index in [4.69, 9.17) is 4.74 Å². The van der Waals surface area contributed by atoms with Crippen molar-refractivity contribution in [1.82, 2.24) is 0 Å². The molecule has 0 aliphatic heterocycles. The molecule has 0 spiro atoms. The van der Waals surface area contributed by atoms with Gasteiger partial charge in [-0.3, -0.25) is 0 Å². The Balaban J connectivity index is 2.05. The highest BCUT2D eigenvalue weighted by Crippen LogP contribution is 2.22. The highest BCUT2D eigenvalue weighted by Gasteiger charge is 2.05. The normalized spacial score (nSPS) is 11.9. The van der Waals surface area contributed by atoms with E-state index in [-0.39, 0.29) is 11.8 Å². The Labute approximate surface area is 107 Å². The summed E-state index contributed by atoms with van der Waals surface area (Å²) >= 11 is 0. The van der Waals surface area contributed by atoms with Gasteiger partial charge in [-0.15, -0.1) is 0 Å². The van der Waals surface area contributed by atoms with Crippen LogP contribution in [-0.2, 0) is 0 Å². The maximum atomic E-state index is 9.25. The third-order valence-electron chi connectivity index (χ3n) is 2.87. The number of hydrogen-bond acceptors (Lipinski definition) is 3. The van der Waals surface area contributed by atoms with Crippen molar-refractivity contribution in [1.29, 1.82) is 0 Å². The molecule has 2 aromatic rings. The molecule has 0 heterocycles. The van der Waals surface area contributed by atoms with Gasteiger partial charge in [-0.1, -0.05) is 12.1 Å². The summed E-state index contributed by atoms with van der Waals surface area (Å²) in [6.45, 7) is 2.08. The molecule has 1 atom stereocenters. The summed E-state index contributed by atoms with van der Waals surface area (Å²) in [7, 11) is 1.65. The van der Waals surface area contributed by atoms with Gasteiger partial charge in [0.15, 0.2) is 0 Å². The molecule has 2 N–H and O–H groups in total. The largest absolute Gasteiger partial charge is 0.508 e. The van der Waals surface area contributed by atoms with E-state index < -0.39 is 0 Å². The van der Waals surface area contributed by atoms with E-state index >= 15 is 0 Å². The van der Waals surface area contributed by atoms with Crippen molar-refractivity contribution in [2.24, 2.45) is 0 Å². The van der Waals surface area contributed by atoms with Crippen LogP contribution in [0.25, 0.3) is 0 Å². The molecular formula is C15H17NO2. The molecule has 3 nitrogen and oxygen atoms in total. The molecule has 0 aliphatic carbocycles. The van der Waals surface area contributed by atoms with Gasteiger partial charge in [0.05, 0.1) is 7.11 Å². The summed E-state index contributed by atoms with van der Waals surface area (Å²) in [6, 6.07) is 15.2. The number of phenolic OH excluding ortho intramolecular Hbond substituents is 1. The van der Waals surface area contributed by atoms with Crippen molar-refractivity contribution < 1.29 is 9.84 Å². The van der Waals surface area contributed by atoms with Gasteiger partial charge < -0.3 is 15.2 Å². The Morgan fingerprint density at radius 3 is 2.17 bits per heavy atom. The van der Waals surface area contributed by atoms with E-state index in [9.17, 15) is 5.11 Å². The van der Waals surface area contributed by atoms with E-state index in [0.717, 1.165) is 17.0 Å². The number of hydrogen-bond donors (Lipinski definition) is 2. The number of phenols is 1. The minimum Gasteiger partial charge on any atom is -0.508 e. The smallest absolute Gasteiger partial charge is 0.119 e. The monoisotopic (exact) mass is 243 g/mol. The van der Waals surface area contributed by atoms with Crippen LogP contribution in [0.2, 0.25) is 0 Å². The zero-order chi connectivity index (χ0) is 13.0. The number of rotatable bonds is 4. The molecule has 0 fully saturated rings. The first-order valence-electron chi connectivity index (χ1n) is 5.88. The summed E-state index contributed by atoms with van der Waals surface area (Å²) in [4.78, 5) is 0. The molecule has 0 radical (unpaired) electrons. The maximum Gasteiger partial charge on any atom is 0.119 e. The molecule has 0 amide bonds. The van der Waals surface area contributed by atoms with Crippen LogP contribution in [0, 0.1) is 0 Å². The topological polar surface area (TPSA) is 41.5 Å². The van der Waals surface area contributed by atoms with E-state index in [0.29, 0.717) is 0 Å². The molecule has 0 aliphatic rings. The standard InChI is InChI=1S/C15H17NO2/c1-11(12-3-7-14(17)8-4-12)16-13-5-9-15(18-2)10-6-13/h3-11,16-17H,1-2H3. The first kappa shape index (κ1) is 12.3. The fourth-order valence-electron chi connectivity index (χ4n) is 1.78. The van der Waals surface area contributed by atoms with Crippen molar-refractivity contribution in [2.75, 3.05) is 12.4 Å². The van der Waals surface area contributed by atoms with E-state index in [2.05, 4.69) is 12.2 Å². The van der Waals surface area contributed by atoms with Crippen molar-refractivity contribution in [3.63, 3.8) is 0 Å². The second-order valence-corrected chi connectivity index (χ2v) is 4.19. The minimum atomic E-state index is 0.180. The summed E-state index contributed by atoms with van der Waals surface area (Å²) in [6.07, 6.45) is 0. The van der Waals surface area contributed by atoms with E-state index in [1.165, 1.54) is 0 Å². The number of ether oxygens (including phenoxy) is 1. The van der Waals surface area contributed by atoms with E-state index in [1.807, 2.05) is 36.4 Å². The Hall–Kier alpha value is -2.16. The Morgan fingerprint density at radius 1 is 1.00 bits per heavy atom. The Morgan fingerprint density at radius 2 is 1.61 bits per heavy atom. The lowest BCUT2D eigenvalue weighted by molar-refractivity contribution is 0.415. The SMILES string of the molecule is COc1ccc(NC(C)c2ccc(O)cc2)cc1. The van der Waals surface area contributed by atoms with Crippen LogP contribution in [0.15, 0.2) is 48.5 Å². The highest BCUT2D eigenvalue weighted by atomic mass is 16.5. The van der Waals surface area contributed by atoms with Gasteiger partial charge in [0.2, 0.25) is 0 Å². The lowest BCUT2D eigenvalue weighted by Crippen LogP contribution is -2.06. The number of nitrogens with one attached hydrogen (secondary N) is 1. The zero-order valence-corrected chi connectivity index (χ0v) is 10.6. The van der Waals surface area contributed by atoms with Crippen LogP contribution < -0.4 is 10.1 Å². The molecule has 2 aromatic carbocycles. The molecular weight excluding hydrogens is 226 g/mol. The van der Waals surface area contributed by atoms with Gasteiger partial charge in [0.25, 0.3) is 0 Å². The van der Waals surface area contributed by atoms with Crippen molar-refractivity contribution in [3.8, 4) is 11.5 Å². The molecule has 18 heavy (non-hydrogen) atoms. The molecule has 0 aromatic heterocycles. The van der Waals surface area contributed by atoms with Crippen LogP contribution in [0.4, 0.5) is 5.69 Å². The second kappa shape index (κ2) is 5.45. The Bertz CT molecular complexity index is 491. The fourth-order valence-corrected chi connectivity index (χ4v) is 1.78. The van der Waals surface area contributed by atoms with Gasteiger partial charge in [0, 0.05) is 11.7 Å². The molecule has 0 saturated carbocycles. The van der Waals surface area contributed by atoms with Crippen molar-refractivity contribution in [2.45, 2.75) is 13.0 Å². The summed E-state index contributed by atoms with van der Waals surface area (Å²) in [5, 5.41) is 12.6. The number of benzene rings is 2. The maximum absolute atomic E-state index is 9.25. The number of anilines is 1. The van der Waals surface area contributed by atoms with Crippen LogP contribution in [0.5, 0.6) is 11.5 Å². The van der Waals surface area contributed by atoms with Gasteiger partial charge in [-0.05, 0) is 48.9 Å². The van der Waals surface area contributed by atoms with Gasteiger partial charge in [-0.25, -0.2) is 0 Å². The molecule has 94 valence electrons. The van der Waals surface area contributed by atoms with E-state index in [1.54, 1.807) is 19.2 Å². The average molecular weight is 243 g/mol. The van der Waals surface area contributed by atoms with Gasteiger partial charge >= 0.3 is 0 Å². The predicted octanol–water partition coefficient (Wildman–Crippen LogP) is 3.57. The number of methoxy groups -OCH3 is 1. The molecule has 0 saturated heterocycles. The first-order chi connectivity index (χ1) is 8.69. The van der Waals surface area contributed by atoms with Crippen LogP contribution in [0.1, 0.15) is 18.5 Å². The van der Waals surface area contributed by atoms with Crippen LogP contribution in [0.3, 0.4) is 0 Å². The van der Waals surface area contributed by atoms with Crippen molar-refractivity contribution >= 4 is 5.69 Å². The predicted molar refractivity (Wildman–Crippen MR) is 73.1 cm³/mol. The number of aromatic hydroxyl groups is 1. The zero-order valence-electron chi connectivity index (χ0n) is 10.6. The third kappa shape index (κ3) is 2.94. The highest BCUT2D eigenvalue weighted by molar-refractivity contribution is 5.48. The second-order valence-electron chi connectivity index (χ2n) is 4.19. The summed E-state index contributed by atoms with van der Waals surface area (Å²) in [5.41, 5.74) is 2.17. The summed E-state index contributed by atoms with van der Waals surface area (Å²) in [5.74, 6) is 1.13. The summed E-state index contributed by atoms with van der Waals surface area (Å²) < 4.78 is 5.12. The molecule has 3 heteroatoms.